The van der Waals surface area contributed by atoms with Crippen LogP contribution in [0, 0.1) is 5.92 Å². The van der Waals surface area contributed by atoms with E-state index in [0.717, 1.165) is 5.56 Å². The molecular formula is C17H28N2O. The Kier molecular flexibility index (Phi) is 5.75. The molecule has 3 nitrogen and oxygen atoms in total. The van der Waals surface area contributed by atoms with Gasteiger partial charge in [-0.05, 0) is 30.5 Å². The molecule has 1 aromatic rings. The minimum Gasteiger partial charge on any atom is -0.349 e. The number of benzene rings is 1. The molecule has 0 fully saturated rings. The smallest absolute Gasteiger partial charge is 0.224 e. The van der Waals surface area contributed by atoms with Crippen molar-refractivity contribution in [2.75, 3.05) is 13.6 Å². The maximum absolute atomic E-state index is 12.0. The second kappa shape index (κ2) is 6.89. The van der Waals surface area contributed by atoms with Gasteiger partial charge in [0.05, 0.1) is 6.04 Å². The topological polar surface area (TPSA) is 41.1 Å². The van der Waals surface area contributed by atoms with Crippen molar-refractivity contribution in [3.05, 3.63) is 35.4 Å². The molecule has 2 unspecified atom stereocenters. The second-order valence-electron chi connectivity index (χ2n) is 6.56. The van der Waals surface area contributed by atoms with Crippen molar-refractivity contribution >= 4 is 5.91 Å². The summed E-state index contributed by atoms with van der Waals surface area (Å²) in [6.45, 7) is 11.3. The monoisotopic (exact) mass is 276 g/mol. The molecule has 112 valence electrons. The van der Waals surface area contributed by atoms with Crippen molar-refractivity contribution in [1.29, 1.82) is 0 Å². The van der Waals surface area contributed by atoms with Crippen LogP contribution in [0.4, 0.5) is 0 Å². The zero-order chi connectivity index (χ0) is 15.3. The fourth-order valence-electron chi connectivity index (χ4n) is 2.11. The molecule has 0 aliphatic rings. The lowest BCUT2D eigenvalue weighted by molar-refractivity contribution is -0.125. The summed E-state index contributed by atoms with van der Waals surface area (Å²) in [7, 11) is 1.86. The lowest BCUT2D eigenvalue weighted by Crippen LogP contribution is -2.35. The van der Waals surface area contributed by atoms with Crippen LogP contribution in [0.5, 0.6) is 0 Å². The van der Waals surface area contributed by atoms with Crippen molar-refractivity contribution in [1.82, 2.24) is 10.6 Å². The third kappa shape index (κ3) is 4.64. The van der Waals surface area contributed by atoms with Gasteiger partial charge in [0.1, 0.15) is 0 Å². The maximum Gasteiger partial charge on any atom is 0.224 e. The molecule has 0 radical (unpaired) electrons. The normalized spacial score (nSPS) is 14.7. The lowest BCUT2D eigenvalue weighted by atomic mass is 9.86. The van der Waals surface area contributed by atoms with Crippen molar-refractivity contribution in [3.8, 4) is 0 Å². The van der Waals surface area contributed by atoms with Crippen molar-refractivity contribution < 1.29 is 4.79 Å². The summed E-state index contributed by atoms with van der Waals surface area (Å²) in [6.07, 6.45) is 0. The molecule has 2 N–H and O–H groups in total. The highest BCUT2D eigenvalue weighted by Gasteiger charge is 2.17. The van der Waals surface area contributed by atoms with Gasteiger partial charge in [0.15, 0.2) is 0 Å². The molecule has 0 saturated carbocycles. The zero-order valence-corrected chi connectivity index (χ0v) is 13.6. The molecule has 3 heteroatoms. The van der Waals surface area contributed by atoms with Crippen LogP contribution in [0.1, 0.15) is 51.8 Å². The molecule has 0 spiro atoms. The van der Waals surface area contributed by atoms with E-state index in [4.69, 9.17) is 0 Å². The fourth-order valence-corrected chi connectivity index (χ4v) is 2.11. The Balaban J connectivity index is 2.69. The van der Waals surface area contributed by atoms with Gasteiger partial charge in [0, 0.05) is 12.5 Å². The van der Waals surface area contributed by atoms with E-state index >= 15 is 0 Å². The summed E-state index contributed by atoms with van der Waals surface area (Å²) in [4.78, 5) is 12.0. The minimum atomic E-state index is -0.0173. The summed E-state index contributed by atoms with van der Waals surface area (Å²) in [5.41, 5.74) is 2.61. The van der Waals surface area contributed by atoms with Crippen molar-refractivity contribution in [3.63, 3.8) is 0 Å². The molecule has 1 amide bonds. The van der Waals surface area contributed by atoms with Crippen molar-refractivity contribution in [2.45, 2.75) is 46.1 Å². The van der Waals surface area contributed by atoms with Gasteiger partial charge in [-0.3, -0.25) is 4.79 Å². The molecule has 0 bridgehead atoms. The van der Waals surface area contributed by atoms with E-state index < -0.39 is 0 Å². The van der Waals surface area contributed by atoms with Gasteiger partial charge in [-0.15, -0.1) is 0 Å². The van der Waals surface area contributed by atoms with E-state index in [1.807, 2.05) is 20.9 Å². The molecule has 0 aliphatic heterocycles. The molecule has 0 aromatic heterocycles. The van der Waals surface area contributed by atoms with Gasteiger partial charge >= 0.3 is 0 Å². The fraction of sp³-hybridized carbons (Fsp3) is 0.588. The van der Waals surface area contributed by atoms with Gasteiger partial charge in [-0.1, -0.05) is 52.0 Å². The average Bonchev–Trinajstić information content (AvgIpc) is 2.38. The number of rotatable bonds is 5. The van der Waals surface area contributed by atoms with Crippen LogP contribution in [0.3, 0.4) is 0 Å². The summed E-state index contributed by atoms with van der Waals surface area (Å²) >= 11 is 0. The Hall–Kier alpha value is -1.35. The highest BCUT2D eigenvalue weighted by molar-refractivity contribution is 5.78. The highest BCUT2D eigenvalue weighted by Crippen LogP contribution is 2.23. The third-order valence-corrected chi connectivity index (χ3v) is 3.59. The van der Waals surface area contributed by atoms with Crippen molar-refractivity contribution in [2.24, 2.45) is 5.92 Å². The summed E-state index contributed by atoms with van der Waals surface area (Å²) < 4.78 is 0. The number of hydrogen-bond donors (Lipinski definition) is 2. The Labute approximate surface area is 123 Å². The third-order valence-electron chi connectivity index (χ3n) is 3.59. The largest absolute Gasteiger partial charge is 0.349 e. The van der Waals surface area contributed by atoms with Gasteiger partial charge in [-0.2, -0.15) is 0 Å². The van der Waals surface area contributed by atoms with E-state index in [9.17, 15) is 4.79 Å². The van der Waals surface area contributed by atoms with Crippen LogP contribution in [-0.4, -0.2) is 19.5 Å². The standard InChI is InChI=1S/C17H28N2O/c1-12(11-18-6)16(20)19-13(2)14-7-9-15(10-8-14)17(3,4)5/h7-10,12-13,18H,11H2,1-6H3,(H,19,20). The first kappa shape index (κ1) is 16.7. The van der Waals surface area contributed by atoms with Gasteiger partial charge < -0.3 is 10.6 Å². The average molecular weight is 276 g/mol. The van der Waals surface area contributed by atoms with Crippen LogP contribution in [-0.2, 0) is 10.2 Å². The predicted octanol–water partition coefficient (Wildman–Crippen LogP) is 3.02. The maximum atomic E-state index is 12.0. The van der Waals surface area contributed by atoms with E-state index in [-0.39, 0.29) is 23.3 Å². The molecule has 2 atom stereocenters. The Morgan fingerprint density at radius 3 is 2.15 bits per heavy atom. The van der Waals surface area contributed by atoms with Crippen LogP contribution in [0.15, 0.2) is 24.3 Å². The first-order chi connectivity index (χ1) is 9.25. The van der Waals surface area contributed by atoms with Crippen LogP contribution in [0.25, 0.3) is 0 Å². The van der Waals surface area contributed by atoms with Gasteiger partial charge in [-0.25, -0.2) is 0 Å². The van der Waals surface area contributed by atoms with Gasteiger partial charge in [0.2, 0.25) is 5.91 Å². The highest BCUT2D eigenvalue weighted by atomic mass is 16.1. The Morgan fingerprint density at radius 2 is 1.70 bits per heavy atom. The minimum absolute atomic E-state index is 0.0173. The molecule has 1 aromatic carbocycles. The van der Waals surface area contributed by atoms with Crippen LogP contribution < -0.4 is 10.6 Å². The first-order valence-corrected chi connectivity index (χ1v) is 7.31. The quantitative estimate of drug-likeness (QED) is 0.868. The first-order valence-electron chi connectivity index (χ1n) is 7.31. The van der Waals surface area contributed by atoms with Crippen LogP contribution in [0.2, 0.25) is 0 Å². The molecule has 20 heavy (non-hydrogen) atoms. The second-order valence-corrected chi connectivity index (χ2v) is 6.56. The molecule has 0 aliphatic carbocycles. The SMILES string of the molecule is CNCC(C)C(=O)NC(C)c1ccc(C(C)(C)C)cc1. The number of carbonyl (C=O) groups excluding carboxylic acids is 1. The molecule has 0 saturated heterocycles. The number of hydrogen-bond acceptors (Lipinski definition) is 2. The molecule has 1 rings (SSSR count). The summed E-state index contributed by atoms with van der Waals surface area (Å²) in [5, 5.41) is 6.08. The number of carbonyl (C=O) groups is 1. The predicted molar refractivity (Wildman–Crippen MR) is 84.8 cm³/mol. The van der Waals surface area contributed by atoms with Gasteiger partial charge in [0.25, 0.3) is 0 Å². The zero-order valence-electron chi connectivity index (χ0n) is 13.6. The Bertz CT molecular complexity index is 431. The molecular weight excluding hydrogens is 248 g/mol. The number of amides is 1. The van der Waals surface area contributed by atoms with E-state index in [0.29, 0.717) is 6.54 Å². The van der Waals surface area contributed by atoms with Crippen LogP contribution >= 0.6 is 0 Å². The number of nitrogens with one attached hydrogen (secondary N) is 2. The van der Waals surface area contributed by atoms with E-state index in [1.54, 1.807) is 0 Å². The van der Waals surface area contributed by atoms with E-state index in [1.165, 1.54) is 5.56 Å². The molecule has 0 heterocycles. The summed E-state index contributed by atoms with van der Waals surface area (Å²) in [5.74, 6) is 0.0723. The Morgan fingerprint density at radius 1 is 1.15 bits per heavy atom. The lowest BCUT2D eigenvalue weighted by Gasteiger charge is -2.21. The summed E-state index contributed by atoms with van der Waals surface area (Å²) in [6, 6.07) is 8.54. The van der Waals surface area contributed by atoms with E-state index in [2.05, 4.69) is 55.7 Å².